The van der Waals surface area contributed by atoms with Gasteiger partial charge in [0.05, 0.1) is 17.6 Å². The molecule has 3 saturated carbocycles. The molecule has 2 atom stereocenters. The molecule has 160 valence electrons. The maximum Gasteiger partial charge on any atom is 0.475 e. The highest BCUT2D eigenvalue weighted by atomic mass is 16.5. The van der Waals surface area contributed by atoms with Gasteiger partial charge in [-0.3, -0.25) is 4.79 Å². The predicted molar refractivity (Wildman–Crippen MR) is 111 cm³/mol. The molecule has 8 heteroatoms. The number of hydrogen-bond donors (Lipinski definition) is 4. The van der Waals surface area contributed by atoms with Crippen molar-refractivity contribution in [2.24, 2.45) is 5.73 Å². The van der Waals surface area contributed by atoms with Crippen molar-refractivity contribution in [3.63, 3.8) is 0 Å². The second kappa shape index (κ2) is 9.14. The van der Waals surface area contributed by atoms with Crippen molar-refractivity contribution in [2.75, 3.05) is 20.8 Å². The highest BCUT2D eigenvalue weighted by Crippen LogP contribution is 2.55. The Labute approximate surface area is 173 Å². The number of methoxy groups -OCH3 is 2. The summed E-state index contributed by atoms with van der Waals surface area (Å²) in [5.74, 6) is -1.06. The lowest BCUT2D eigenvalue weighted by molar-refractivity contribution is -0.157. The first-order valence-corrected chi connectivity index (χ1v) is 10.5. The molecule has 3 fully saturated rings. The first kappa shape index (κ1) is 22.2. The lowest BCUT2D eigenvalue weighted by Crippen LogP contribution is -2.58. The molecule has 7 nitrogen and oxygen atoms in total. The largest absolute Gasteiger partial charge is 0.475 e. The Morgan fingerprint density at radius 3 is 2.41 bits per heavy atom. The molecule has 2 bridgehead atoms. The van der Waals surface area contributed by atoms with Crippen LogP contribution in [0.3, 0.4) is 0 Å². The van der Waals surface area contributed by atoms with E-state index >= 15 is 0 Å². The van der Waals surface area contributed by atoms with Crippen molar-refractivity contribution in [1.29, 1.82) is 0 Å². The van der Waals surface area contributed by atoms with Gasteiger partial charge in [-0.25, -0.2) is 0 Å². The molecule has 0 heterocycles. The maximum absolute atomic E-state index is 12.6. The topological polar surface area (TPSA) is 114 Å². The average molecular weight is 404 g/mol. The van der Waals surface area contributed by atoms with Crippen LogP contribution in [0.5, 0.6) is 0 Å². The van der Waals surface area contributed by atoms with Crippen molar-refractivity contribution in [1.82, 2.24) is 5.32 Å². The van der Waals surface area contributed by atoms with Gasteiger partial charge in [0.25, 0.3) is 5.91 Å². The molecule has 0 aromatic heterocycles. The number of benzene rings is 1. The molecule has 3 aliphatic carbocycles. The monoisotopic (exact) mass is 404 g/mol. The van der Waals surface area contributed by atoms with Crippen LogP contribution in [0.4, 0.5) is 0 Å². The van der Waals surface area contributed by atoms with E-state index in [2.05, 4.69) is 5.32 Å². The lowest BCUT2D eigenvalue weighted by Gasteiger charge is -2.56. The average Bonchev–Trinajstić information content (AvgIpc) is 2.76. The van der Waals surface area contributed by atoms with Gasteiger partial charge >= 0.3 is 7.12 Å². The second-order valence-electron chi connectivity index (χ2n) is 8.47. The van der Waals surface area contributed by atoms with Crippen LogP contribution in [0.2, 0.25) is 0 Å². The minimum atomic E-state index is -1.61. The molecule has 5 N–H and O–H groups in total. The van der Waals surface area contributed by atoms with Crippen molar-refractivity contribution in [2.45, 2.75) is 68.0 Å². The van der Waals surface area contributed by atoms with E-state index in [-0.39, 0.29) is 23.0 Å². The van der Waals surface area contributed by atoms with Gasteiger partial charge in [0.1, 0.15) is 0 Å². The van der Waals surface area contributed by atoms with Gasteiger partial charge in [-0.2, -0.15) is 0 Å². The summed E-state index contributed by atoms with van der Waals surface area (Å²) >= 11 is 0. The Hall–Kier alpha value is -1.45. The Balaban J connectivity index is 1.73. The van der Waals surface area contributed by atoms with Gasteiger partial charge in [-0.05, 0) is 62.8 Å². The van der Waals surface area contributed by atoms with Crippen LogP contribution in [0.25, 0.3) is 0 Å². The number of carbonyl (C=O) groups excluding carboxylic acids is 1. The summed E-state index contributed by atoms with van der Waals surface area (Å²) in [6.07, 6.45) is 6.04. The number of amides is 1. The second-order valence-corrected chi connectivity index (χ2v) is 8.47. The third kappa shape index (κ3) is 4.37. The summed E-state index contributed by atoms with van der Waals surface area (Å²) < 4.78 is 11.7. The summed E-state index contributed by atoms with van der Waals surface area (Å²) in [5.41, 5.74) is 7.05. The number of ether oxygens (including phenoxy) is 2. The van der Waals surface area contributed by atoms with Gasteiger partial charge < -0.3 is 30.6 Å². The first-order valence-electron chi connectivity index (χ1n) is 10.5. The standard InChI is InChI=1S/C21H33BN2O5/c1-28-17-14-20(29-2)9-11-21(17,12-10-20)16-7-5-15(6-8-16)19(25)24-18(22(26)27)4-3-13-23/h5-8,17-18,26-27H,3-4,9-14,23H2,1-2H3,(H,24,25)/t17?,18-,20?,21?/m0/s1. The minimum Gasteiger partial charge on any atom is -0.426 e. The van der Waals surface area contributed by atoms with E-state index in [1.807, 2.05) is 24.3 Å². The van der Waals surface area contributed by atoms with Crippen LogP contribution in [-0.4, -0.2) is 61.5 Å². The molecule has 0 aliphatic heterocycles. The molecule has 3 aliphatic rings. The number of hydrogen-bond acceptors (Lipinski definition) is 6. The Morgan fingerprint density at radius 2 is 1.90 bits per heavy atom. The number of nitrogens with two attached hydrogens (primary N) is 1. The van der Waals surface area contributed by atoms with Crippen molar-refractivity contribution >= 4 is 13.0 Å². The van der Waals surface area contributed by atoms with E-state index in [0.717, 1.165) is 32.1 Å². The van der Waals surface area contributed by atoms with Gasteiger partial charge in [0.15, 0.2) is 0 Å². The number of nitrogens with one attached hydrogen (secondary N) is 1. The van der Waals surface area contributed by atoms with Crippen molar-refractivity contribution in [3.05, 3.63) is 35.4 Å². The van der Waals surface area contributed by atoms with E-state index < -0.39 is 13.1 Å². The van der Waals surface area contributed by atoms with E-state index in [9.17, 15) is 14.8 Å². The van der Waals surface area contributed by atoms with Gasteiger partial charge in [-0.15, -0.1) is 0 Å². The third-order valence-corrected chi connectivity index (χ3v) is 7.06. The first-order chi connectivity index (χ1) is 13.9. The van der Waals surface area contributed by atoms with E-state index in [1.165, 1.54) is 5.56 Å². The van der Waals surface area contributed by atoms with Gasteiger partial charge in [-0.1, -0.05) is 12.1 Å². The zero-order valence-electron chi connectivity index (χ0n) is 17.4. The van der Waals surface area contributed by atoms with Crippen LogP contribution in [-0.2, 0) is 14.9 Å². The molecule has 0 radical (unpaired) electrons. The molecular weight excluding hydrogens is 371 g/mol. The SMILES string of the molecule is COC1CC2(OC)CCC1(c1ccc(C(=O)N[C@@H](CCCN)B(O)O)cc1)CC2. The zero-order chi connectivity index (χ0) is 21.1. The Morgan fingerprint density at radius 1 is 1.24 bits per heavy atom. The summed E-state index contributed by atoms with van der Waals surface area (Å²) in [6.45, 7) is 0.431. The van der Waals surface area contributed by atoms with Crippen LogP contribution < -0.4 is 11.1 Å². The number of fused-ring (bicyclic) bond motifs is 3. The maximum atomic E-state index is 12.6. The molecule has 0 saturated heterocycles. The van der Waals surface area contributed by atoms with Crippen molar-refractivity contribution in [3.8, 4) is 0 Å². The summed E-state index contributed by atoms with van der Waals surface area (Å²) in [5, 5.41) is 21.7. The fraction of sp³-hybridized carbons (Fsp3) is 0.667. The Bertz CT molecular complexity index is 689. The normalized spacial score (nSPS) is 29.5. The highest BCUT2D eigenvalue weighted by molar-refractivity contribution is 6.43. The third-order valence-electron chi connectivity index (χ3n) is 7.06. The smallest absolute Gasteiger partial charge is 0.426 e. The fourth-order valence-corrected chi connectivity index (χ4v) is 5.12. The van der Waals surface area contributed by atoms with E-state index in [0.29, 0.717) is 24.9 Å². The van der Waals surface area contributed by atoms with Gasteiger partial charge in [0, 0.05) is 31.6 Å². The van der Waals surface area contributed by atoms with Crippen LogP contribution in [0, 0.1) is 0 Å². The van der Waals surface area contributed by atoms with Crippen LogP contribution >= 0.6 is 0 Å². The molecule has 1 aromatic rings. The Kier molecular flexibility index (Phi) is 7.01. The quantitative estimate of drug-likeness (QED) is 0.459. The minimum absolute atomic E-state index is 0.0466. The molecule has 29 heavy (non-hydrogen) atoms. The molecule has 0 spiro atoms. The summed E-state index contributed by atoms with van der Waals surface area (Å²) in [6, 6.07) is 7.64. The van der Waals surface area contributed by atoms with Crippen LogP contribution in [0.15, 0.2) is 24.3 Å². The van der Waals surface area contributed by atoms with Crippen LogP contribution in [0.1, 0.15) is 60.9 Å². The number of rotatable bonds is 9. The molecule has 4 rings (SSSR count). The molecule has 1 unspecified atom stereocenters. The predicted octanol–water partition coefficient (Wildman–Crippen LogP) is 1.15. The molecule has 1 aromatic carbocycles. The lowest BCUT2D eigenvalue weighted by atomic mass is 9.54. The highest BCUT2D eigenvalue weighted by Gasteiger charge is 2.55. The van der Waals surface area contributed by atoms with Crippen molar-refractivity contribution < 1.29 is 24.3 Å². The molecule has 1 amide bonds. The van der Waals surface area contributed by atoms with E-state index in [1.54, 1.807) is 14.2 Å². The summed E-state index contributed by atoms with van der Waals surface area (Å²) in [7, 11) is 1.94. The molecular formula is C21H33BN2O5. The zero-order valence-corrected chi connectivity index (χ0v) is 17.4. The van der Waals surface area contributed by atoms with Gasteiger partial charge in [0.2, 0.25) is 0 Å². The van der Waals surface area contributed by atoms with E-state index in [4.69, 9.17) is 15.2 Å². The number of carbonyl (C=O) groups is 1. The summed E-state index contributed by atoms with van der Waals surface area (Å²) in [4.78, 5) is 12.6. The fourth-order valence-electron chi connectivity index (χ4n) is 5.12.